The van der Waals surface area contributed by atoms with Crippen LogP contribution in [0.25, 0.3) is 0 Å². The highest BCUT2D eigenvalue weighted by atomic mass is 16.7. The lowest BCUT2D eigenvalue weighted by Crippen LogP contribution is -2.25. The summed E-state index contributed by atoms with van der Waals surface area (Å²) in [6.45, 7) is 5.47. The summed E-state index contributed by atoms with van der Waals surface area (Å²) in [4.78, 5) is 16.5. The van der Waals surface area contributed by atoms with Gasteiger partial charge < -0.3 is 4.84 Å². The summed E-state index contributed by atoms with van der Waals surface area (Å²) >= 11 is 0. The summed E-state index contributed by atoms with van der Waals surface area (Å²) in [6.07, 6.45) is 1.78. The average molecular weight is 245 g/mol. The molecular weight excluding hydrogens is 226 g/mol. The molecule has 0 radical (unpaired) electrons. The zero-order chi connectivity index (χ0) is 13.2. The van der Waals surface area contributed by atoms with E-state index in [4.69, 9.17) is 4.84 Å². The van der Waals surface area contributed by atoms with Crippen LogP contribution in [0.5, 0.6) is 0 Å². The van der Waals surface area contributed by atoms with Crippen molar-refractivity contribution in [1.29, 1.82) is 0 Å². The van der Waals surface area contributed by atoms with Crippen LogP contribution in [0.3, 0.4) is 0 Å². The summed E-state index contributed by atoms with van der Waals surface area (Å²) < 4.78 is 0. The highest BCUT2D eigenvalue weighted by Gasteiger charge is 2.28. The van der Waals surface area contributed by atoms with E-state index in [0.29, 0.717) is 5.92 Å². The Morgan fingerprint density at radius 3 is 2.39 bits per heavy atom. The second-order valence-corrected chi connectivity index (χ2v) is 5.80. The molecular formula is C15H19NO2. The van der Waals surface area contributed by atoms with Crippen LogP contribution in [0.1, 0.15) is 45.1 Å². The van der Waals surface area contributed by atoms with E-state index < -0.39 is 5.41 Å². The Morgan fingerprint density at radius 2 is 1.83 bits per heavy atom. The number of rotatable bonds is 2. The molecule has 0 N–H and O–H groups in total. The van der Waals surface area contributed by atoms with Gasteiger partial charge in [0.1, 0.15) is 0 Å². The first-order valence-corrected chi connectivity index (χ1v) is 6.29. The molecule has 1 aromatic carbocycles. The summed E-state index contributed by atoms with van der Waals surface area (Å²) in [5, 5.41) is 3.94. The smallest absolute Gasteiger partial charge is 0.318 e. The average Bonchev–Trinajstić information content (AvgIpc) is 2.26. The molecule has 1 fully saturated rings. The molecule has 18 heavy (non-hydrogen) atoms. The largest absolute Gasteiger partial charge is 0.340 e. The predicted octanol–water partition coefficient (Wildman–Crippen LogP) is 3.51. The molecule has 1 aliphatic rings. The Labute approximate surface area is 108 Å². The minimum Gasteiger partial charge on any atom is -0.318 e. The van der Waals surface area contributed by atoms with Crippen molar-refractivity contribution in [3.63, 3.8) is 0 Å². The number of hydrogen-bond donors (Lipinski definition) is 0. The van der Waals surface area contributed by atoms with E-state index in [1.165, 1.54) is 5.56 Å². The van der Waals surface area contributed by atoms with Gasteiger partial charge in [-0.05, 0) is 45.1 Å². The van der Waals surface area contributed by atoms with Gasteiger partial charge in [-0.25, -0.2) is 4.79 Å². The number of nitrogens with zero attached hydrogens (tertiary/aromatic N) is 1. The van der Waals surface area contributed by atoms with E-state index in [0.717, 1.165) is 18.6 Å². The van der Waals surface area contributed by atoms with Crippen molar-refractivity contribution in [2.45, 2.75) is 39.5 Å². The van der Waals surface area contributed by atoms with Crippen molar-refractivity contribution < 1.29 is 9.63 Å². The van der Waals surface area contributed by atoms with Gasteiger partial charge >= 0.3 is 5.97 Å². The van der Waals surface area contributed by atoms with Gasteiger partial charge in [-0.15, -0.1) is 0 Å². The number of carbonyl (C=O) groups excluding carboxylic acids is 1. The zero-order valence-corrected chi connectivity index (χ0v) is 11.1. The molecule has 3 heteroatoms. The Hall–Kier alpha value is -1.64. The van der Waals surface area contributed by atoms with Gasteiger partial charge in [0.2, 0.25) is 0 Å². The van der Waals surface area contributed by atoms with Gasteiger partial charge in [-0.2, -0.15) is 0 Å². The third kappa shape index (κ3) is 2.97. The summed E-state index contributed by atoms with van der Waals surface area (Å²) in [6, 6.07) is 10.4. The van der Waals surface area contributed by atoms with Crippen LogP contribution in [-0.4, -0.2) is 11.7 Å². The molecule has 0 saturated heterocycles. The molecule has 0 unspecified atom stereocenters. The SMILES string of the molecule is CC(C)(C)C(=O)ON=C1CC(c2ccccc2)C1. The maximum absolute atomic E-state index is 11.5. The standard InChI is InChI=1S/C15H19NO2/c1-15(2,3)14(17)18-16-13-9-12(10-13)11-7-5-4-6-8-11/h4-8,12H,9-10H2,1-3H3. The third-order valence-electron chi connectivity index (χ3n) is 3.11. The maximum atomic E-state index is 11.5. The van der Waals surface area contributed by atoms with Crippen LogP contribution >= 0.6 is 0 Å². The molecule has 1 saturated carbocycles. The lowest BCUT2D eigenvalue weighted by Gasteiger charge is -2.27. The fraction of sp³-hybridized carbons (Fsp3) is 0.467. The van der Waals surface area contributed by atoms with Gasteiger partial charge in [-0.3, -0.25) is 0 Å². The molecule has 0 bridgehead atoms. The molecule has 0 heterocycles. The highest BCUT2D eigenvalue weighted by molar-refractivity contribution is 5.92. The minimum atomic E-state index is -0.493. The predicted molar refractivity (Wildman–Crippen MR) is 71.4 cm³/mol. The molecule has 0 spiro atoms. The lowest BCUT2D eigenvalue weighted by atomic mass is 9.78. The second-order valence-electron chi connectivity index (χ2n) is 5.80. The molecule has 0 aliphatic heterocycles. The quantitative estimate of drug-likeness (QED) is 0.590. The van der Waals surface area contributed by atoms with Gasteiger partial charge in [0, 0.05) is 0 Å². The van der Waals surface area contributed by atoms with Crippen LogP contribution in [-0.2, 0) is 9.63 Å². The Bertz CT molecular complexity index is 449. The van der Waals surface area contributed by atoms with Gasteiger partial charge in [0.05, 0.1) is 11.1 Å². The molecule has 1 aliphatic carbocycles. The van der Waals surface area contributed by atoms with Crippen molar-refractivity contribution in [1.82, 2.24) is 0 Å². The second kappa shape index (κ2) is 4.92. The van der Waals surface area contributed by atoms with Crippen LogP contribution < -0.4 is 0 Å². The molecule has 3 nitrogen and oxygen atoms in total. The fourth-order valence-electron chi connectivity index (χ4n) is 1.79. The number of carbonyl (C=O) groups is 1. The van der Waals surface area contributed by atoms with E-state index in [1.54, 1.807) is 0 Å². The zero-order valence-electron chi connectivity index (χ0n) is 11.1. The summed E-state index contributed by atoms with van der Waals surface area (Å²) in [7, 11) is 0. The van der Waals surface area contributed by atoms with E-state index in [2.05, 4.69) is 17.3 Å². The monoisotopic (exact) mass is 245 g/mol. The van der Waals surface area contributed by atoms with Crippen LogP contribution in [0.2, 0.25) is 0 Å². The molecule has 0 amide bonds. The Morgan fingerprint density at radius 1 is 1.22 bits per heavy atom. The third-order valence-corrected chi connectivity index (χ3v) is 3.11. The molecule has 0 aromatic heterocycles. The van der Waals surface area contributed by atoms with Crippen molar-refractivity contribution in [3.05, 3.63) is 35.9 Å². The number of benzene rings is 1. The molecule has 2 rings (SSSR count). The van der Waals surface area contributed by atoms with E-state index in [-0.39, 0.29) is 5.97 Å². The van der Waals surface area contributed by atoms with Gasteiger partial charge in [-0.1, -0.05) is 35.5 Å². The van der Waals surface area contributed by atoms with Crippen LogP contribution in [0.15, 0.2) is 35.5 Å². The van der Waals surface area contributed by atoms with Crippen molar-refractivity contribution in [2.24, 2.45) is 10.6 Å². The lowest BCUT2D eigenvalue weighted by molar-refractivity contribution is -0.153. The number of oxime groups is 1. The first-order chi connectivity index (χ1) is 8.47. The number of hydrogen-bond acceptors (Lipinski definition) is 3. The first kappa shape index (κ1) is 12.8. The van der Waals surface area contributed by atoms with E-state index >= 15 is 0 Å². The summed E-state index contributed by atoms with van der Waals surface area (Å²) in [5.74, 6) is 0.247. The Kier molecular flexibility index (Phi) is 3.50. The van der Waals surface area contributed by atoms with Crippen molar-refractivity contribution >= 4 is 11.7 Å². The van der Waals surface area contributed by atoms with Crippen molar-refractivity contribution in [3.8, 4) is 0 Å². The van der Waals surface area contributed by atoms with Crippen LogP contribution in [0, 0.1) is 5.41 Å². The van der Waals surface area contributed by atoms with E-state index in [9.17, 15) is 4.79 Å². The topological polar surface area (TPSA) is 38.7 Å². The Balaban J connectivity index is 1.85. The molecule has 0 atom stereocenters. The normalized spacial score (nSPS) is 19.1. The highest BCUT2D eigenvalue weighted by Crippen LogP contribution is 2.34. The van der Waals surface area contributed by atoms with Gasteiger partial charge in [0.25, 0.3) is 0 Å². The minimum absolute atomic E-state index is 0.279. The van der Waals surface area contributed by atoms with E-state index in [1.807, 2.05) is 39.0 Å². The maximum Gasteiger partial charge on any atom is 0.340 e. The fourth-order valence-corrected chi connectivity index (χ4v) is 1.79. The summed E-state index contributed by atoms with van der Waals surface area (Å²) in [5.41, 5.74) is 1.81. The first-order valence-electron chi connectivity index (χ1n) is 6.29. The molecule has 1 aromatic rings. The molecule has 96 valence electrons. The van der Waals surface area contributed by atoms with Crippen LogP contribution in [0.4, 0.5) is 0 Å². The van der Waals surface area contributed by atoms with Gasteiger partial charge in [0.15, 0.2) is 0 Å². The van der Waals surface area contributed by atoms with Crippen molar-refractivity contribution in [2.75, 3.05) is 0 Å².